The maximum Gasteiger partial charge on any atom is 0.181 e. The topological polar surface area (TPSA) is 55.9 Å². The molecule has 0 fully saturated rings. The first-order chi connectivity index (χ1) is 10.4. The largest absolute Gasteiger partial charge is 0.444 e. The lowest BCUT2D eigenvalue weighted by molar-refractivity contribution is 0.572. The van der Waals surface area contributed by atoms with Crippen LogP contribution in [0.4, 0.5) is 5.69 Å². The van der Waals surface area contributed by atoms with Crippen LogP contribution in [0.25, 0.3) is 11.3 Å². The second-order valence-electron chi connectivity index (χ2n) is 4.87. The van der Waals surface area contributed by atoms with Gasteiger partial charge in [-0.05, 0) is 30.7 Å². The molecule has 1 aromatic carbocycles. The normalized spacial score (nSPS) is 10.7. The molecule has 0 aliphatic heterocycles. The number of rotatable bonds is 6. The molecule has 108 valence electrons. The summed E-state index contributed by atoms with van der Waals surface area (Å²) in [5.41, 5.74) is 3.28. The van der Waals surface area contributed by atoms with E-state index in [2.05, 4.69) is 26.8 Å². The molecule has 1 N–H and O–H groups in total. The Bertz CT molecular complexity index is 671. The van der Waals surface area contributed by atoms with Crippen LogP contribution in [0.1, 0.15) is 19.0 Å². The molecule has 0 atom stereocenters. The second kappa shape index (κ2) is 6.26. The number of aromatic nitrogens is 3. The molecule has 3 rings (SSSR count). The maximum absolute atomic E-state index is 5.28. The van der Waals surface area contributed by atoms with Gasteiger partial charge >= 0.3 is 0 Å². The molecule has 0 spiro atoms. The summed E-state index contributed by atoms with van der Waals surface area (Å²) >= 11 is 0. The fourth-order valence-electron chi connectivity index (χ4n) is 2.24. The third-order valence-electron chi connectivity index (χ3n) is 3.34. The maximum atomic E-state index is 5.28. The summed E-state index contributed by atoms with van der Waals surface area (Å²) in [7, 11) is 0. The van der Waals surface area contributed by atoms with Gasteiger partial charge in [0.15, 0.2) is 12.2 Å². The minimum absolute atomic E-state index is 0.766. The molecular formula is C16H18N4O. The van der Waals surface area contributed by atoms with Gasteiger partial charge in [0, 0.05) is 24.0 Å². The van der Waals surface area contributed by atoms with Gasteiger partial charge in [-0.1, -0.05) is 6.92 Å². The van der Waals surface area contributed by atoms with Crippen molar-refractivity contribution in [3.05, 3.63) is 55.1 Å². The van der Waals surface area contributed by atoms with E-state index in [0.29, 0.717) is 0 Å². The third kappa shape index (κ3) is 3.13. The van der Waals surface area contributed by atoms with Crippen LogP contribution in [-0.2, 0) is 13.1 Å². The Morgan fingerprint density at radius 3 is 2.71 bits per heavy atom. The molecule has 0 saturated carbocycles. The lowest BCUT2D eigenvalue weighted by Crippen LogP contribution is -2.06. The van der Waals surface area contributed by atoms with Crippen LogP contribution < -0.4 is 5.32 Å². The van der Waals surface area contributed by atoms with Gasteiger partial charge in [-0.2, -0.15) is 0 Å². The SMILES string of the molecule is CCCn1cncc1CNc1ccc(-c2cnco2)cc1. The first-order valence-electron chi connectivity index (χ1n) is 7.08. The van der Waals surface area contributed by atoms with Gasteiger partial charge in [0.25, 0.3) is 0 Å². The minimum Gasteiger partial charge on any atom is -0.444 e. The Morgan fingerprint density at radius 2 is 2.00 bits per heavy atom. The van der Waals surface area contributed by atoms with Gasteiger partial charge in [-0.15, -0.1) is 0 Å². The van der Waals surface area contributed by atoms with Crippen molar-refractivity contribution in [3.63, 3.8) is 0 Å². The third-order valence-corrected chi connectivity index (χ3v) is 3.34. The Morgan fingerprint density at radius 1 is 1.14 bits per heavy atom. The number of nitrogens with one attached hydrogen (secondary N) is 1. The van der Waals surface area contributed by atoms with Crippen molar-refractivity contribution in [2.75, 3.05) is 5.32 Å². The molecule has 21 heavy (non-hydrogen) atoms. The highest BCUT2D eigenvalue weighted by Crippen LogP contribution is 2.21. The molecule has 0 saturated heterocycles. The molecule has 0 radical (unpaired) electrons. The highest BCUT2D eigenvalue weighted by molar-refractivity contribution is 5.60. The minimum atomic E-state index is 0.766. The summed E-state index contributed by atoms with van der Waals surface area (Å²) in [5, 5.41) is 3.41. The van der Waals surface area contributed by atoms with Crippen LogP contribution in [-0.4, -0.2) is 14.5 Å². The first-order valence-corrected chi connectivity index (χ1v) is 7.08. The monoisotopic (exact) mass is 282 g/mol. The quantitative estimate of drug-likeness (QED) is 0.751. The Labute approximate surface area is 123 Å². The summed E-state index contributed by atoms with van der Waals surface area (Å²) in [4.78, 5) is 8.13. The van der Waals surface area contributed by atoms with Crippen LogP contribution >= 0.6 is 0 Å². The number of imidazole rings is 1. The lowest BCUT2D eigenvalue weighted by Gasteiger charge is -2.09. The van der Waals surface area contributed by atoms with Crippen molar-refractivity contribution in [3.8, 4) is 11.3 Å². The van der Waals surface area contributed by atoms with Crippen LogP contribution in [0.2, 0.25) is 0 Å². The van der Waals surface area contributed by atoms with E-state index in [9.17, 15) is 0 Å². The van der Waals surface area contributed by atoms with E-state index < -0.39 is 0 Å². The van der Waals surface area contributed by atoms with Crippen molar-refractivity contribution >= 4 is 5.69 Å². The number of anilines is 1. The summed E-state index contributed by atoms with van der Waals surface area (Å²) in [6.07, 6.45) is 8.05. The zero-order chi connectivity index (χ0) is 14.5. The standard InChI is InChI=1S/C16H18N4O/c1-2-7-20-11-17-8-15(20)9-19-14-5-3-13(4-6-14)16-10-18-12-21-16/h3-6,8,10-12,19H,2,7,9H2,1H3. The van der Waals surface area contributed by atoms with E-state index in [-0.39, 0.29) is 0 Å². The average molecular weight is 282 g/mol. The predicted molar refractivity (Wildman–Crippen MR) is 81.8 cm³/mol. The summed E-state index contributed by atoms with van der Waals surface area (Å²) in [5.74, 6) is 0.780. The molecule has 2 heterocycles. The number of hydrogen-bond acceptors (Lipinski definition) is 4. The predicted octanol–water partition coefficient (Wildman–Crippen LogP) is 3.56. The molecule has 5 nitrogen and oxygen atoms in total. The van der Waals surface area contributed by atoms with Crippen LogP contribution in [0, 0.1) is 0 Å². The van der Waals surface area contributed by atoms with Gasteiger partial charge < -0.3 is 14.3 Å². The lowest BCUT2D eigenvalue weighted by atomic mass is 10.1. The van der Waals surface area contributed by atoms with E-state index in [1.165, 1.54) is 12.1 Å². The molecule has 0 aliphatic carbocycles. The summed E-state index contributed by atoms with van der Waals surface area (Å²) in [6, 6.07) is 8.12. The highest BCUT2D eigenvalue weighted by atomic mass is 16.3. The number of nitrogens with zero attached hydrogens (tertiary/aromatic N) is 3. The van der Waals surface area contributed by atoms with Crippen molar-refractivity contribution in [1.29, 1.82) is 0 Å². The summed E-state index contributed by atoms with van der Waals surface area (Å²) < 4.78 is 7.45. The average Bonchev–Trinajstić information content (AvgIpc) is 3.18. The van der Waals surface area contributed by atoms with E-state index in [1.54, 1.807) is 6.20 Å². The first kappa shape index (κ1) is 13.4. The van der Waals surface area contributed by atoms with E-state index in [1.807, 2.05) is 36.8 Å². The molecule has 0 aliphatic rings. The van der Waals surface area contributed by atoms with Crippen LogP contribution in [0.3, 0.4) is 0 Å². The van der Waals surface area contributed by atoms with Gasteiger partial charge in [0.05, 0.1) is 24.8 Å². The zero-order valence-electron chi connectivity index (χ0n) is 12.0. The molecule has 3 aromatic rings. The van der Waals surface area contributed by atoms with Gasteiger partial charge in [0.2, 0.25) is 0 Å². The highest BCUT2D eigenvalue weighted by Gasteiger charge is 2.03. The Balaban J connectivity index is 1.64. The van der Waals surface area contributed by atoms with Crippen LogP contribution in [0.15, 0.2) is 53.8 Å². The number of aryl methyl sites for hydroxylation is 1. The van der Waals surface area contributed by atoms with Crippen molar-refractivity contribution < 1.29 is 4.42 Å². The fourth-order valence-corrected chi connectivity index (χ4v) is 2.24. The van der Waals surface area contributed by atoms with E-state index in [4.69, 9.17) is 4.42 Å². The molecule has 0 bridgehead atoms. The van der Waals surface area contributed by atoms with E-state index in [0.717, 1.165) is 36.5 Å². The van der Waals surface area contributed by atoms with Gasteiger partial charge in [-0.3, -0.25) is 0 Å². The fraction of sp³-hybridized carbons (Fsp3) is 0.250. The van der Waals surface area contributed by atoms with Crippen molar-refractivity contribution in [2.45, 2.75) is 26.4 Å². The van der Waals surface area contributed by atoms with Crippen LogP contribution in [0.5, 0.6) is 0 Å². The zero-order valence-corrected chi connectivity index (χ0v) is 12.0. The summed E-state index contributed by atoms with van der Waals surface area (Å²) in [6.45, 7) is 3.93. The molecule has 0 amide bonds. The Kier molecular flexibility index (Phi) is 4.00. The molecule has 5 heteroatoms. The second-order valence-corrected chi connectivity index (χ2v) is 4.87. The number of oxazole rings is 1. The molecular weight excluding hydrogens is 264 g/mol. The Hall–Kier alpha value is -2.56. The molecule has 2 aromatic heterocycles. The number of benzene rings is 1. The van der Waals surface area contributed by atoms with E-state index >= 15 is 0 Å². The van der Waals surface area contributed by atoms with Gasteiger partial charge in [0.1, 0.15) is 0 Å². The number of hydrogen-bond donors (Lipinski definition) is 1. The van der Waals surface area contributed by atoms with Crippen molar-refractivity contribution in [2.24, 2.45) is 0 Å². The van der Waals surface area contributed by atoms with Gasteiger partial charge in [-0.25, -0.2) is 9.97 Å². The molecule has 0 unspecified atom stereocenters. The smallest absolute Gasteiger partial charge is 0.181 e. The van der Waals surface area contributed by atoms with Crippen molar-refractivity contribution in [1.82, 2.24) is 14.5 Å².